The standard InChI is InChI=1S/C21H33N3O3S/c1-3-12-24(4-2)13-7-14-28(26,27)23-21(25)22-20-18-10-5-8-16(18)15-17-9-6-11-19(17)20/h15H,3-14H2,1-2H3,(H2,22,23,25). The summed E-state index contributed by atoms with van der Waals surface area (Å²) < 4.78 is 26.9. The zero-order valence-corrected chi connectivity index (χ0v) is 18.0. The van der Waals surface area contributed by atoms with Gasteiger partial charge in [-0.25, -0.2) is 17.9 Å². The fraction of sp³-hybridized carbons (Fsp3) is 0.667. The number of carbonyl (C=O) groups excluding carboxylic acids is 1. The van der Waals surface area contributed by atoms with Crippen LogP contribution in [0.15, 0.2) is 6.07 Å². The SMILES string of the molecule is CCCN(CC)CCCS(=O)(=O)NC(=O)Nc1c2c(cc3c1CCC3)CCC2. The number of fused-ring (bicyclic) bond motifs is 2. The zero-order valence-electron chi connectivity index (χ0n) is 17.1. The fourth-order valence-corrected chi connectivity index (χ4v) is 5.47. The molecule has 1 aromatic carbocycles. The maximum Gasteiger partial charge on any atom is 0.332 e. The third kappa shape index (κ3) is 5.06. The van der Waals surface area contributed by atoms with Crippen molar-refractivity contribution in [3.63, 3.8) is 0 Å². The summed E-state index contributed by atoms with van der Waals surface area (Å²) >= 11 is 0. The average Bonchev–Trinajstić information content (AvgIpc) is 3.29. The molecule has 7 heteroatoms. The van der Waals surface area contributed by atoms with E-state index >= 15 is 0 Å². The van der Waals surface area contributed by atoms with Gasteiger partial charge in [-0.3, -0.25) is 0 Å². The first kappa shape index (κ1) is 21.1. The number of rotatable bonds is 9. The van der Waals surface area contributed by atoms with Crippen LogP contribution in [-0.2, 0) is 35.7 Å². The number of carbonyl (C=O) groups is 1. The van der Waals surface area contributed by atoms with Gasteiger partial charge in [0, 0.05) is 5.69 Å². The number of amides is 2. The van der Waals surface area contributed by atoms with Crippen LogP contribution in [0.2, 0.25) is 0 Å². The Bertz CT molecular complexity index is 788. The largest absolute Gasteiger partial charge is 0.332 e. The molecule has 0 aromatic heterocycles. The predicted molar refractivity (Wildman–Crippen MR) is 113 cm³/mol. The van der Waals surface area contributed by atoms with Crippen LogP contribution in [0.5, 0.6) is 0 Å². The van der Waals surface area contributed by atoms with Crippen molar-refractivity contribution >= 4 is 21.7 Å². The van der Waals surface area contributed by atoms with E-state index in [0.29, 0.717) is 6.42 Å². The minimum atomic E-state index is -3.64. The molecule has 0 aliphatic heterocycles. The molecule has 2 aliphatic carbocycles. The second-order valence-electron chi connectivity index (χ2n) is 7.90. The van der Waals surface area contributed by atoms with Crippen LogP contribution in [0.4, 0.5) is 10.5 Å². The Morgan fingerprint density at radius 2 is 1.68 bits per heavy atom. The summed E-state index contributed by atoms with van der Waals surface area (Å²) in [5.74, 6) is -0.0361. The zero-order chi connectivity index (χ0) is 20.1. The van der Waals surface area contributed by atoms with Crippen LogP contribution in [0.25, 0.3) is 0 Å². The molecule has 0 spiro atoms. The van der Waals surface area contributed by atoms with Gasteiger partial charge in [0.1, 0.15) is 0 Å². The van der Waals surface area contributed by atoms with E-state index < -0.39 is 16.1 Å². The minimum Gasteiger partial charge on any atom is -0.307 e. The van der Waals surface area contributed by atoms with Crippen molar-refractivity contribution in [2.24, 2.45) is 0 Å². The number of urea groups is 1. The molecule has 1 aromatic rings. The lowest BCUT2D eigenvalue weighted by atomic mass is 9.99. The normalized spacial score (nSPS) is 15.5. The summed E-state index contributed by atoms with van der Waals surface area (Å²) in [6.07, 6.45) is 7.76. The maximum atomic E-state index is 12.5. The second kappa shape index (κ2) is 9.27. The van der Waals surface area contributed by atoms with Crippen LogP contribution < -0.4 is 10.0 Å². The van der Waals surface area contributed by atoms with Crippen molar-refractivity contribution in [1.82, 2.24) is 9.62 Å². The Morgan fingerprint density at radius 3 is 2.25 bits per heavy atom. The van der Waals surface area contributed by atoms with Gasteiger partial charge in [0.05, 0.1) is 5.75 Å². The molecule has 2 aliphatic rings. The summed E-state index contributed by atoms with van der Waals surface area (Å²) in [7, 11) is -3.64. The van der Waals surface area contributed by atoms with E-state index in [4.69, 9.17) is 0 Å². The highest BCUT2D eigenvalue weighted by molar-refractivity contribution is 7.90. The number of aryl methyl sites for hydroxylation is 2. The first-order chi connectivity index (χ1) is 13.4. The van der Waals surface area contributed by atoms with Crippen molar-refractivity contribution in [3.05, 3.63) is 28.3 Å². The molecule has 2 N–H and O–H groups in total. The van der Waals surface area contributed by atoms with Crippen molar-refractivity contribution in [2.45, 2.75) is 65.2 Å². The summed E-state index contributed by atoms with van der Waals surface area (Å²) in [6, 6.07) is 1.66. The van der Waals surface area contributed by atoms with Crippen LogP contribution in [-0.4, -0.2) is 44.7 Å². The Balaban J connectivity index is 1.60. The highest BCUT2D eigenvalue weighted by Gasteiger charge is 2.25. The molecule has 28 heavy (non-hydrogen) atoms. The number of hydrogen-bond acceptors (Lipinski definition) is 4. The molecule has 0 heterocycles. The third-order valence-electron chi connectivity index (χ3n) is 5.83. The number of nitrogens with zero attached hydrogens (tertiary/aromatic N) is 1. The van der Waals surface area contributed by atoms with Gasteiger partial charge in [0.2, 0.25) is 10.0 Å². The molecule has 0 unspecified atom stereocenters. The summed E-state index contributed by atoms with van der Waals surface area (Å²) in [5, 5.41) is 2.89. The molecule has 3 rings (SSSR count). The van der Waals surface area contributed by atoms with E-state index in [1.54, 1.807) is 0 Å². The van der Waals surface area contributed by atoms with E-state index in [0.717, 1.165) is 70.3 Å². The Labute approximate surface area is 169 Å². The number of benzene rings is 1. The molecule has 2 amide bonds. The number of anilines is 1. The molecule has 0 saturated carbocycles. The average molecular weight is 408 g/mol. The summed E-state index contributed by atoms with van der Waals surface area (Å²) in [6.45, 7) is 6.79. The third-order valence-corrected chi connectivity index (χ3v) is 7.16. The molecule has 156 valence electrons. The number of sulfonamides is 1. The van der Waals surface area contributed by atoms with E-state index in [2.05, 4.69) is 34.9 Å². The lowest BCUT2D eigenvalue weighted by molar-refractivity contribution is 0.256. The lowest BCUT2D eigenvalue weighted by Crippen LogP contribution is -2.37. The van der Waals surface area contributed by atoms with Crippen LogP contribution in [0.1, 0.15) is 61.8 Å². The van der Waals surface area contributed by atoms with Crippen LogP contribution >= 0.6 is 0 Å². The second-order valence-corrected chi connectivity index (χ2v) is 9.74. The molecule has 0 bridgehead atoms. The topological polar surface area (TPSA) is 78.5 Å². The van der Waals surface area contributed by atoms with Gasteiger partial charge in [0.15, 0.2) is 0 Å². The predicted octanol–water partition coefficient (Wildman–Crippen LogP) is 3.24. The molecule has 0 saturated heterocycles. The quantitative estimate of drug-likeness (QED) is 0.659. The van der Waals surface area contributed by atoms with Gasteiger partial charge in [-0.05, 0) is 93.3 Å². The Morgan fingerprint density at radius 1 is 1.04 bits per heavy atom. The van der Waals surface area contributed by atoms with Crippen molar-refractivity contribution in [2.75, 3.05) is 30.7 Å². The van der Waals surface area contributed by atoms with E-state index in [-0.39, 0.29) is 5.75 Å². The molecule has 0 atom stereocenters. The Kier molecular flexibility index (Phi) is 6.99. The first-order valence-electron chi connectivity index (χ1n) is 10.6. The minimum absolute atomic E-state index is 0.0361. The molecular formula is C21H33N3O3S. The summed E-state index contributed by atoms with van der Waals surface area (Å²) in [5.41, 5.74) is 5.90. The van der Waals surface area contributed by atoms with Crippen molar-refractivity contribution < 1.29 is 13.2 Å². The van der Waals surface area contributed by atoms with Gasteiger partial charge in [-0.1, -0.05) is 19.9 Å². The molecule has 6 nitrogen and oxygen atoms in total. The van der Waals surface area contributed by atoms with Gasteiger partial charge < -0.3 is 10.2 Å². The fourth-order valence-electron chi connectivity index (χ4n) is 4.52. The van der Waals surface area contributed by atoms with E-state index in [1.165, 1.54) is 22.3 Å². The molecule has 0 radical (unpaired) electrons. The van der Waals surface area contributed by atoms with E-state index in [9.17, 15) is 13.2 Å². The monoisotopic (exact) mass is 407 g/mol. The highest BCUT2D eigenvalue weighted by Crippen LogP contribution is 2.38. The first-order valence-corrected chi connectivity index (χ1v) is 12.3. The Hall–Kier alpha value is -1.60. The highest BCUT2D eigenvalue weighted by atomic mass is 32.2. The van der Waals surface area contributed by atoms with Gasteiger partial charge in [0.25, 0.3) is 0 Å². The van der Waals surface area contributed by atoms with Gasteiger partial charge >= 0.3 is 6.03 Å². The van der Waals surface area contributed by atoms with Crippen LogP contribution in [0.3, 0.4) is 0 Å². The van der Waals surface area contributed by atoms with Crippen LogP contribution in [0, 0.1) is 0 Å². The number of nitrogens with one attached hydrogen (secondary N) is 2. The van der Waals surface area contributed by atoms with Gasteiger partial charge in [-0.2, -0.15) is 0 Å². The number of hydrogen-bond donors (Lipinski definition) is 2. The lowest BCUT2D eigenvalue weighted by Gasteiger charge is -2.19. The van der Waals surface area contributed by atoms with Gasteiger partial charge in [-0.15, -0.1) is 0 Å². The van der Waals surface area contributed by atoms with Crippen molar-refractivity contribution in [1.29, 1.82) is 0 Å². The van der Waals surface area contributed by atoms with E-state index in [1.807, 2.05) is 0 Å². The molecule has 0 fully saturated rings. The maximum absolute atomic E-state index is 12.5. The smallest absolute Gasteiger partial charge is 0.307 e. The molecular weight excluding hydrogens is 374 g/mol. The summed E-state index contributed by atoms with van der Waals surface area (Å²) in [4.78, 5) is 14.7. The van der Waals surface area contributed by atoms with Crippen molar-refractivity contribution in [3.8, 4) is 0 Å².